The van der Waals surface area contributed by atoms with Crippen LogP contribution >= 0.6 is 23.2 Å². The largest absolute Gasteiger partial charge is 0.259 e. The number of hydrogen-bond acceptors (Lipinski definition) is 3. The topological polar surface area (TPSA) is 64.0 Å². The minimum atomic E-state index is -3.62. The Morgan fingerprint density at radius 2 is 2.25 bits per heavy atom. The first kappa shape index (κ1) is 13.8. The molecule has 5 nitrogen and oxygen atoms in total. The van der Waals surface area contributed by atoms with Crippen LogP contribution in [0.25, 0.3) is 0 Å². The van der Waals surface area contributed by atoms with Gasteiger partial charge in [-0.1, -0.05) is 18.5 Å². The molecule has 1 aromatic rings. The molecule has 0 amide bonds. The van der Waals surface area contributed by atoms with Crippen LogP contribution in [0.1, 0.15) is 6.92 Å². The van der Waals surface area contributed by atoms with E-state index in [1.54, 1.807) is 0 Å². The molecule has 0 saturated carbocycles. The molecule has 1 N–H and O–H groups in total. The zero-order valence-electron chi connectivity index (χ0n) is 8.94. The highest BCUT2D eigenvalue weighted by Crippen LogP contribution is 2.19. The van der Waals surface area contributed by atoms with E-state index in [1.165, 1.54) is 17.9 Å². The fraction of sp³-hybridized carbons (Fsp3) is 0.625. The number of aromatic nitrogens is 2. The van der Waals surface area contributed by atoms with Gasteiger partial charge in [-0.15, -0.1) is 11.6 Å². The smallest absolute Gasteiger partial charge is 0.255 e. The fourth-order valence-corrected chi connectivity index (χ4v) is 3.00. The Bertz CT molecular complexity index is 438. The maximum Gasteiger partial charge on any atom is 0.259 e. The maximum atomic E-state index is 11.9. The Morgan fingerprint density at radius 3 is 2.69 bits per heavy atom. The van der Waals surface area contributed by atoms with Gasteiger partial charge < -0.3 is 0 Å². The third-order valence-corrected chi connectivity index (χ3v) is 4.44. The summed E-state index contributed by atoms with van der Waals surface area (Å²) in [5.74, 6) is 0.449. The number of aryl methyl sites for hydroxylation is 1. The van der Waals surface area contributed by atoms with Gasteiger partial charge in [-0.2, -0.15) is 5.10 Å². The first-order chi connectivity index (χ1) is 7.38. The highest BCUT2D eigenvalue weighted by molar-refractivity contribution is 7.89. The van der Waals surface area contributed by atoms with Crippen molar-refractivity contribution in [2.45, 2.75) is 11.9 Å². The van der Waals surface area contributed by atoms with Crippen molar-refractivity contribution in [3.8, 4) is 0 Å². The van der Waals surface area contributed by atoms with Crippen molar-refractivity contribution in [2.24, 2.45) is 13.0 Å². The molecule has 92 valence electrons. The van der Waals surface area contributed by atoms with Crippen molar-refractivity contribution >= 4 is 33.2 Å². The molecule has 1 atom stereocenters. The van der Waals surface area contributed by atoms with Crippen molar-refractivity contribution in [3.63, 3.8) is 0 Å². The third-order valence-electron chi connectivity index (χ3n) is 1.98. The monoisotopic (exact) mass is 285 g/mol. The van der Waals surface area contributed by atoms with Crippen LogP contribution in [0.5, 0.6) is 0 Å². The van der Waals surface area contributed by atoms with Crippen LogP contribution < -0.4 is 4.72 Å². The van der Waals surface area contributed by atoms with Gasteiger partial charge in [0.05, 0.1) is 11.2 Å². The Hall–Kier alpha value is -0.300. The zero-order chi connectivity index (χ0) is 12.3. The molecule has 0 aliphatic rings. The molecule has 16 heavy (non-hydrogen) atoms. The van der Waals surface area contributed by atoms with E-state index in [2.05, 4.69) is 9.82 Å². The van der Waals surface area contributed by atoms with E-state index in [1.807, 2.05) is 6.92 Å². The van der Waals surface area contributed by atoms with Crippen LogP contribution in [0.2, 0.25) is 5.02 Å². The molecular weight excluding hydrogens is 273 g/mol. The lowest BCUT2D eigenvalue weighted by Gasteiger charge is -2.10. The van der Waals surface area contributed by atoms with Gasteiger partial charge in [-0.25, -0.2) is 13.1 Å². The number of alkyl halides is 1. The molecule has 0 fully saturated rings. The zero-order valence-corrected chi connectivity index (χ0v) is 11.3. The summed E-state index contributed by atoms with van der Waals surface area (Å²) in [6.07, 6.45) is 1.29. The summed E-state index contributed by atoms with van der Waals surface area (Å²) >= 11 is 11.3. The molecule has 0 aliphatic carbocycles. The van der Waals surface area contributed by atoms with E-state index in [0.717, 1.165) is 0 Å². The van der Waals surface area contributed by atoms with Crippen LogP contribution in [0.15, 0.2) is 11.2 Å². The second kappa shape index (κ2) is 5.35. The standard InChI is InChI=1S/C8H13Cl2N3O2S/c1-6(3-9)4-12-16(14,15)8-7(10)5-11-13(8)2/h5-6,12H,3-4H2,1-2H3. The van der Waals surface area contributed by atoms with E-state index < -0.39 is 10.0 Å². The van der Waals surface area contributed by atoms with Gasteiger partial charge in [-0.05, 0) is 5.92 Å². The minimum Gasteiger partial charge on any atom is -0.255 e. The Labute approximate surface area is 105 Å². The van der Waals surface area contributed by atoms with Gasteiger partial charge in [0, 0.05) is 19.5 Å². The summed E-state index contributed by atoms with van der Waals surface area (Å²) in [7, 11) is -2.10. The molecule has 1 aromatic heterocycles. The van der Waals surface area contributed by atoms with Crippen molar-refractivity contribution < 1.29 is 8.42 Å². The first-order valence-corrected chi connectivity index (χ1v) is 7.01. The second-order valence-corrected chi connectivity index (χ2v) is 5.93. The van der Waals surface area contributed by atoms with Gasteiger partial charge >= 0.3 is 0 Å². The molecule has 1 heterocycles. The van der Waals surface area contributed by atoms with Crippen LogP contribution in [0.4, 0.5) is 0 Å². The number of nitrogens with one attached hydrogen (secondary N) is 1. The van der Waals surface area contributed by atoms with Crippen LogP contribution in [0.3, 0.4) is 0 Å². The molecule has 0 radical (unpaired) electrons. The highest BCUT2D eigenvalue weighted by Gasteiger charge is 2.22. The molecule has 1 rings (SSSR count). The number of sulfonamides is 1. The maximum absolute atomic E-state index is 11.9. The van der Waals surface area contributed by atoms with E-state index in [4.69, 9.17) is 23.2 Å². The fourth-order valence-electron chi connectivity index (χ4n) is 1.08. The third kappa shape index (κ3) is 3.10. The molecule has 0 aromatic carbocycles. The lowest BCUT2D eigenvalue weighted by atomic mass is 10.2. The van der Waals surface area contributed by atoms with E-state index in [9.17, 15) is 8.42 Å². The second-order valence-electron chi connectivity index (χ2n) is 3.53. The molecule has 0 saturated heterocycles. The molecule has 1 unspecified atom stereocenters. The van der Waals surface area contributed by atoms with Gasteiger partial charge in [0.15, 0.2) is 5.03 Å². The van der Waals surface area contributed by atoms with E-state index >= 15 is 0 Å². The number of rotatable bonds is 5. The number of hydrogen-bond donors (Lipinski definition) is 1. The average Bonchev–Trinajstić information content (AvgIpc) is 2.55. The predicted molar refractivity (Wildman–Crippen MR) is 63.3 cm³/mol. The molecule has 0 aliphatic heterocycles. The molecule has 0 spiro atoms. The van der Waals surface area contributed by atoms with E-state index in [0.29, 0.717) is 5.88 Å². The van der Waals surface area contributed by atoms with Gasteiger partial charge in [0.2, 0.25) is 0 Å². The van der Waals surface area contributed by atoms with Gasteiger partial charge in [0.25, 0.3) is 10.0 Å². The van der Waals surface area contributed by atoms with Crippen molar-refractivity contribution in [2.75, 3.05) is 12.4 Å². The van der Waals surface area contributed by atoms with Crippen LogP contribution in [0, 0.1) is 5.92 Å². The van der Waals surface area contributed by atoms with Crippen molar-refractivity contribution in [1.82, 2.24) is 14.5 Å². The summed E-state index contributed by atoms with van der Waals surface area (Å²) in [5, 5.41) is 3.84. The van der Waals surface area contributed by atoms with Crippen LogP contribution in [-0.2, 0) is 17.1 Å². The summed E-state index contributed by atoms with van der Waals surface area (Å²) < 4.78 is 27.4. The normalized spacial score (nSPS) is 14.0. The van der Waals surface area contributed by atoms with Crippen molar-refractivity contribution in [1.29, 1.82) is 0 Å². The predicted octanol–water partition coefficient (Wildman–Crippen LogP) is 1.23. The van der Waals surface area contributed by atoms with Gasteiger partial charge in [0.1, 0.15) is 0 Å². The quantitative estimate of drug-likeness (QED) is 0.828. The Kier molecular flexibility index (Phi) is 4.61. The highest BCUT2D eigenvalue weighted by atomic mass is 35.5. The molecule has 8 heteroatoms. The molecular formula is C8H13Cl2N3O2S. The summed E-state index contributed by atoms with van der Waals surface area (Å²) in [6.45, 7) is 2.12. The average molecular weight is 286 g/mol. The minimum absolute atomic E-state index is 0.0315. The van der Waals surface area contributed by atoms with E-state index in [-0.39, 0.29) is 22.5 Å². The summed E-state index contributed by atoms with van der Waals surface area (Å²) in [4.78, 5) is 0. The lowest BCUT2D eigenvalue weighted by molar-refractivity contribution is 0.547. The Balaban J connectivity index is 2.87. The lowest BCUT2D eigenvalue weighted by Crippen LogP contribution is -2.30. The summed E-state index contributed by atoms with van der Waals surface area (Å²) in [5.41, 5.74) is 0. The summed E-state index contributed by atoms with van der Waals surface area (Å²) in [6, 6.07) is 0. The van der Waals surface area contributed by atoms with Crippen molar-refractivity contribution in [3.05, 3.63) is 11.2 Å². The van der Waals surface area contributed by atoms with Gasteiger partial charge in [-0.3, -0.25) is 4.68 Å². The SMILES string of the molecule is CC(CCl)CNS(=O)(=O)c1c(Cl)cnn1C. The molecule has 0 bridgehead atoms. The number of halogens is 2. The first-order valence-electron chi connectivity index (χ1n) is 4.61. The number of nitrogens with zero attached hydrogens (tertiary/aromatic N) is 2. The van der Waals surface area contributed by atoms with Crippen LogP contribution in [-0.4, -0.2) is 30.6 Å². The Morgan fingerprint density at radius 1 is 1.62 bits per heavy atom.